The third kappa shape index (κ3) is 5.31. The molecule has 3 aromatic rings. The molecule has 1 aliphatic heterocycles. The molecule has 8 heteroatoms. The van der Waals surface area contributed by atoms with E-state index < -0.39 is 0 Å². The molecule has 0 N–H and O–H groups in total. The molecule has 0 unspecified atom stereocenters. The van der Waals surface area contributed by atoms with Gasteiger partial charge in [-0.1, -0.05) is 25.5 Å². The van der Waals surface area contributed by atoms with Gasteiger partial charge in [-0.05, 0) is 42.3 Å². The number of carbonyl (C=O) groups is 1. The number of rotatable bonds is 7. The summed E-state index contributed by atoms with van der Waals surface area (Å²) in [5.74, 6) is -0.354. The van der Waals surface area contributed by atoms with Gasteiger partial charge in [0.15, 0.2) is 0 Å². The summed E-state index contributed by atoms with van der Waals surface area (Å²) in [6.07, 6.45) is 1.81. The first-order valence-corrected chi connectivity index (χ1v) is 11.8. The van der Waals surface area contributed by atoms with Gasteiger partial charge in [0.1, 0.15) is 11.5 Å². The molecule has 0 radical (unpaired) electrons. The highest BCUT2D eigenvalue weighted by atomic mass is 32.1. The lowest BCUT2D eigenvalue weighted by Crippen LogP contribution is -2.48. The number of nitrogens with zero attached hydrogens (tertiary/aromatic N) is 4. The summed E-state index contributed by atoms with van der Waals surface area (Å²) in [6, 6.07) is 13.7. The van der Waals surface area contributed by atoms with Crippen LogP contribution >= 0.6 is 11.3 Å². The summed E-state index contributed by atoms with van der Waals surface area (Å²) in [5.41, 5.74) is 1.05. The first kappa shape index (κ1) is 22.4. The Morgan fingerprint density at radius 1 is 1.09 bits per heavy atom. The van der Waals surface area contributed by atoms with Crippen LogP contribution in [-0.4, -0.2) is 51.7 Å². The number of hydrogen-bond donors (Lipinski definition) is 0. The first-order chi connectivity index (χ1) is 15.5. The van der Waals surface area contributed by atoms with Crippen LogP contribution in [0.5, 0.6) is 0 Å². The highest BCUT2D eigenvalue weighted by Gasteiger charge is 2.24. The number of carbonyl (C=O) groups excluding carboxylic acids is 1. The van der Waals surface area contributed by atoms with Gasteiger partial charge >= 0.3 is 0 Å². The Hall–Kier alpha value is -2.84. The molecule has 32 heavy (non-hydrogen) atoms. The molecule has 3 heterocycles. The number of thiophene rings is 1. The standard InChI is InChI=1S/C24H27FN4O2S/c1-2-3-11-29-23(30)10-8-21(26-29)24(31)28-14-12-27(13-15-28)17-20-7-9-22(32-20)18-5-4-6-19(25)16-18/h4-10,16H,2-3,11-15,17H2,1H3. The van der Waals surface area contributed by atoms with Gasteiger partial charge in [0.2, 0.25) is 0 Å². The molecule has 6 nitrogen and oxygen atoms in total. The SMILES string of the molecule is CCCCn1nc(C(=O)N2CCN(Cc3ccc(-c4cccc(F)c4)s3)CC2)ccc1=O. The lowest BCUT2D eigenvalue weighted by molar-refractivity contribution is 0.0621. The summed E-state index contributed by atoms with van der Waals surface area (Å²) >= 11 is 1.67. The second kappa shape index (κ2) is 10.2. The molecule has 1 aromatic carbocycles. The van der Waals surface area contributed by atoms with Crippen LogP contribution in [0.15, 0.2) is 53.3 Å². The number of halogens is 1. The monoisotopic (exact) mass is 454 g/mol. The van der Waals surface area contributed by atoms with Crippen LogP contribution in [0.1, 0.15) is 35.1 Å². The zero-order valence-corrected chi connectivity index (χ0v) is 19.0. The lowest BCUT2D eigenvalue weighted by atomic mass is 10.2. The van der Waals surface area contributed by atoms with Crippen LogP contribution in [0.3, 0.4) is 0 Å². The Balaban J connectivity index is 1.33. The normalized spacial score (nSPS) is 14.6. The number of amides is 1. The largest absolute Gasteiger partial charge is 0.335 e. The van der Waals surface area contributed by atoms with Gasteiger partial charge in [-0.3, -0.25) is 14.5 Å². The first-order valence-electron chi connectivity index (χ1n) is 11.0. The Morgan fingerprint density at radius 3 is 2.66 bits per heavy atom. The summed E-state index contributed by atoms with van der Waals surface area (Å²) < 4.78 is 14.9. The highest BCUT2D eigenvalue weighted by Crippen LogP contribution is 2.29. The third-order valence-corrected chi connectivity index (χ3v) is 6.74. The minimum Gasteiger partial charge on any atom is -0.335 e. The fraction of sp³-hybridized carbons (Fsp3) is 0.375. The van der Waals surface area contributed by atoms with Crippen molar-refractivity contribution < 1.29 is 9.18 Å². The van der Waals surface area contributed by atoms with E-state index in [1.165, 1.54) is 27.8 Å². The van der Waals surface area contributed by atoms with Gasteiger partial charge < -0.3 is 4.90 Å². The second-order valence-corrected chi connectivity index (χ2v) is 9.15. The van der Waals surface area contributed by atoms with Gasteiger partial charge in [-0.15, -0.1) is 11.3 Å². The molecule has 0 aliphatic carbocycles. The number of unbranched alkanes of at least 4 members (excludes halogenated alkanes) is 1. The van der Waals surface area contributed by atoms with Crippen molar-refractivity contribution in [3.05, 3.63) is 75.3 Å². The lowest BCUT2D eigenvalue weighted by Gasteiger charge is -2.34. The molecule has 1 saturated heterocycles. The van der Waals surface area contributed by atoms with E-state index in [-0.39, 0.29) is 17.3 Å². The van der Waals surface area contributed by atoms with E-state index in [4.69, 9.17) is 0 Å². The maximum absolute atomic E-state index is 13.5. The molecule has 0 atom stereocenters. The van der Waals surface area contributed by atoms with Crippen molar-refractivity contribution in [2.45, 2.75) is 32.9 Å². The van der Waals surface area contributed by atoms with Crippen molar-refractivity contribution in [2.24, 2.45) is 0 Å². The van der Waals surface area contributed by atoms with Gasteiger partial charge in [0.25, 0.3) is 11.5 Å². The molecular weight excluding hydrogens is 427 g/mol. The maximum atomic E-state index is 13.5. The van der Waals surface area contributed by atoms with Crippen LogP contribution in [0, 0.1) is 5.82 Å². The molecule has 0 spiro atoms. The minimum atomic E-state index is -0.228. The third-order valence-electron chi connectivity index (χ3n) is 5.62. The molecule has 0 saturated carbocycles. The van der Waals surface area contributed by atoms with E-state index in [1.807, 2.05) is 12.1 Å². The molecule has 1 aliphatic rings. The maximum Gasteiger partial charge on any atom is 0.274 e. The Labute approximate surface area is 190 Å². The van der Waals surface area contributed by atoms with Crippen molar-refractivity contribution >= 4 is 17.2 Å². The number of aryl methyl sites for hydroxylation is 1. The van der Waals surface area contributed by atoms with Crippen LogP contribution < -0.4 is 5.56 Å². The predicted octanol–water partition coefficient (Wildman–Crippen LogP) is 3.87. The quantitative estimate of drug-likeness (QED) is 0.544. The topological polar surface area (TPSA) is 58.4 Å². The predicted molar refractivity (Wildman–Crippen MR) is 124 cm³/mol. The summed E-state index contributed by atoms with van der Waals surface area (Å²) in [7, 11) is 0. The van der Waals surface area contributed by atoms with E-state index in [0.29, 0.717) is 25.3 Å². The van der Waals surface area contributed by atoms with E-state index in [0.717, 1.165) is 42.9 Å². The smallest absolute Gasteiger partial charge is 0.274 e. The van der Waals surface area contributed by atoms with Gasteiger partial charge in [0.05, 0.1) is 0 Å². The molecule has 4 rings (SSSR count). The Kier molecular flexibility index (Phi) is 7.12. The van der Waals surface area contributed by atoms with Gasteiger partial charge in [0, 0.05) is 55.1 Å². The molecule has 1 amide bonds. The van der Waals surface area contributed by atoms with E-state index in [2.05, 4.69) is 23.0 Å². The van der Waals surface area contributed by atoms with Crippen molar-refractivity contribution in [2.75, 3.05) is 26.2 Å². The summed E-state index contributed by atoms with van der Waals surface area (Å²) in [4.78, 5) is 31.2. The van der Waals surface area contributed by atoms with Gasteiger partial charge in [-0.25, -0.2) is 9.07 Å². The van der Waals surface area contributed by atoms with Crippen LogP contribution in [-0.2, 0) is 13.1 Å². The van der Waals surface area contributed by atoms with E-state index in [1.54, 1.807) is 28.4 Å². The van der Waals surface area contributed by atoms with Crippen molar-refractivity contribution in [3.63, 3.8) is 0 Å². The average molecular weight is 455 g/mol. The zero-order chi connectivity index (χ0) is 22.5. The summed E-state index contributed by atoms with van der Waals surface area (Å²) in [5, 5.41) is 4.28. The molecule has 168 valence electrons. The van der Waals surface area contributed by atoms with Gasteiger partial charge in [-0.2, -0.15) is 5.10 Å². The van der Waals surface area contributed by atoms with E-state index in [9.17, 15) is 14.0 Å². The second-order valence-electron chi connectivity index (χ2n) is 7.98. The zero-order valence-electron chi connectivity index (χ0n) is 18.2. The van der Waals surface area contributed by atoms with Crippen LogP contribution in [0.4, 0.5) is 4.39 Å². The fourth-order valence-electron chi connectivity index (χ4n) is 3.78. The molecule has 1 fully saturated rings. The van der Waals surface area contributed by atoms with Crippen LogP contribution in [0.25, 0.3) is 10.4 Å². The summed E-state index contributed by atoms with van der Waals surface area (Å²) in [6.45, 7) is 6.18. The minimum absolute atomic E-state index is 0.126. The van der Waals surface area contributed by atoms with Crippen LogP contribution in [0.2, 0.25) is 0 Å². The van der Waals surface area contributed by atoms with E-state index >= 15 is 0 Å². The van der Waals surface area contributed by atoms with Crippen molar-refractivity contribution in [1.82, 2.24) is 19.6 Å². The fourth-order valence-corrected chi connectivity index (χ4v) is 4.83. The Morgan fingerprint density at radius 2 is 1.91 bits per heavy atom. The molecular formula is C24H27FN4O2S. The number of hydrogen-bond acceptors (Lipinski definition) is 5. The molecule has 0 bridgehead atoms. The highest BCUT2D eigenvalue weighted by molar-refractivity contribution is 7.15. The number of benzene rings is 1. The Bertz CT molecular complexity index is 1130. The van der Waals surface area contributed by atoms with Crippen molar-refractivity contribution in [3.8, 4) is 10.4 Å². The molecule has 2 aromatic heterocycles. The van der Waals surface area contributed by atoms with Crippen molar-refractivity contribution in [1.29, 1.82) is 0 Å². The number of aromatic nitrogens is 2. The number of piperazine rings is 1. The average Bonchev–Trinajstić information content (AvgIpc) is 3.27.